The number of hydrogen-bond acceptors (Lipinski definition) is 3. The molecular formula is C16H18N2S. The quantitative estimate of drug-likeness (QED) is 0.715. The molecule has 0 bridgehead atoms. The zero-order valence-electron chi connectivity index (χ0n) is 11.6. The van der Waals surface area contributed by atoms with E-state index in [-0.39, 0.29) is 5.41 Å². The van der Waals surface area contributed by atoms with E-state index in [9.17, 15) is 0 Å². The molecule has 2 nitrogen and oxygen atoms in total. The first-order valence-electron chi connectivity index (χ1n) is 6.58. The molecule has 19 heavy (non-hydrogen) atoms. The third-order valence-electron chi connectivity index (χ3n) is 3.60. The molecule has 0 radical (unpaired) electrons. The van der Waals surface area contributed by atoms with Crippen molar-refractivity contribution < 1.29 is 0 Å². The van der Waals surface area contributed by atoms with Crippen LogP contribution in [0.25, 0.3) is 0 Å². The maximum absolute atomic E-state index is 4.49. The second kappa shape index (κ2) is 4.64. The van der Waals surface area contributed by atoms with Crippen LogP contribution < -0.4 is 0 Å². The molecule has 0 fully saturated rings. The average Bonchev–Trinajstić information content (AvgIpc) is 2.54. The number of aromatic nitrogens is 2. The Morgan fingerprint density at radius 2 is 1.95 bits per heavy atom. The maximum Gasteiger partial charge on any atom is 0.115 e. The number of rotatable bonds is 0. The van der Waals surface area contributed by atoms with Gasteiger partial charge in [-0.3, -0.25) is 0 Å². The number of benzene rings is 1. The summed E-state index contributed by atoms with van der Waals surface area (Å²) in [5.74, 6) is 1.29. The monoisotopic (exact) mass is 270 g/mol. The van der Waals surface area contributed by atoms with Crippen molar-refractivity contribution in [2.75, 3.05) is 0 Å². The third kappa shape index (κ3) is 2.27. The molecule has 1 aliphatic rings. The summed E-state index contributed by atoms with van der Waals surface area (Å²) in [7, 11) is 0. The van der Waals surface area contributed by atoms with Gasteiger partial charge in [-0.05, 0) is 17.0 Å². The molecule has 98 valence electrons. The molecule has 0 saturated heterocycles. The highest BCUT2D eigenvalue weighted by atomic mass is 32.2. The fraction of sp³-hybridized carbons (Fsp3) is 0.375. The Hall–Kier alpha value is -1.35. The summed E-state index contributed by atoms with van der Waals surface area (Å²) >= 11 is 1.88. The van der Waals surface area contributed by atoms with Crippen LogP contribution in [0.1, 0.15) is 43.5 Å². The van der Waals surface area contributed by atoms with E-state index in [0.717, 1.165) is 5.75 Å². The lowest BCUT2D eigenvalue weighted by Crippen LogP contribution is -2.21. The molecule has 3 heteroatoms. The molecule has 3 rings (SSSR count). The summed E-state index contributed by atoms with van der Waals surface area (Å²) in [6, 6.07) is 8.72. The Morgan fingerprint density at radius 3 is 2.74 bits per heavy atom. The van der Waals surface area contributed by atoms with Crippen molar-refractivity contribution in [3.05, 3.63) is 53.6 Å². The van der Waals surface area contributed by atoms with Crippen molar-refractivity contribution >= 4 is 11.8 Å². The first-order valence-corrected chi connectivity index (χ1v) is 7.56. The van der Waals surface area contributed by atoms with Gasteiger partial charge >= 0.3 is 0 Å². The molecule has 1 atom stereocenters. The van der Waals surface area contributed by atoms with E-state index >= 15 is 0 Å². The van der Waals surface area contributed by atoms with Crippen LogP contribution >= 0.6 is 11.8 Å². The van der Waals surface area contributed by atoms with Crippen LogP contribution in [0.5, 0.6) is 0 Å². The minimum atomic E-state index is 0.153. The van der Waals surface area contributed by atoms with Gasteiger partial charge in [0, 0.05) is 28.3 Å². The fourth-order valence-electron chi connectivity index (χ4n) is 2.82. The molecular weight excluding hydrogens is 252 g/mol. The second-order valence-corrected chi connectivity index (χ2v) is 7.07. The van der Waals surface area contributed by atoms with E-state index in [1.165, 1.54) is 21.7 Å². The van der Waals surface area contributed by atoms with Crippen molar-refractivity contribution in [3.63, 3.8) is 0 Å². The molecule has 2 heterocycles. The van der Waals surface area contributed by atoms with Crippen LogP contribution in [0, 0.1) is 5.41 Å². The second-order valence-electron chi connectivity index (χ2n) is 6.05. The lowest BCUT2D eigenvalue weighted by atomic mass is 9.72. The van der Waals surface area contributed by atoms with Crippen LogP contribution in [-0.2, 0) is 5.75 Å². The highest BCUT2D eigenvalue weighted by Crippen LogP contribution is 2.47. The SMILES string of the molecule is CC(C)(C)C1c2ccccc2SCc2ncncc21. The van der Waals surface area contributed by atoms with Gasteiger partial charge in [0.05, 0.1) is 5.69 Å². The highest BCUT2D eigenvalue weighted by molar-refractivity contribution is 7.98. The van der Waals surface area contributed by atoms with E-state index in [1.54, 1.807) is 6.33 Å². The summed E-state index contributed by atoms with van der Waals surface area (Å²) in [4.78, 5) is 10.1. The molecule has 1 aromatic heterocycles. The van der Waals surface area contributed by atoms with Gasteiger partial charge in [-0.25, -0.2) is 9.97 Å². The molecule has 0 spiro atoms. The van der Waals surface area contributed by atoms with E-state index in [2.05, 4.69) is 55.0 Å². The third-order valence-corrected chi connectivity index (χ3v) is 4.70. The average molecular weight is 270 g/mol. The Bertz CT molecular complexity index is 554. The molecule has 1 aromatic carbocycles. The van der Waals surface area contributed by atoms with Crippen molar-refractivity contribution in [1.82, 2.24) is 9.97 Å². The van der Waals surface area contributed by atoms with Gasteiger partial charge in [0.15, 0.2) is 0 Å². The Balaban J connectivity index is 2.25. The zero-order valence-corrected chi connectivity index (χ0v) is 12.4. The van der Waals surface area contributed by atoms with E-state index < -0.39 is 0 Å². The standard InChI is InChI=1S/C16H18N2S/c1-16(2,3)15-11-6-4-5-7-14(11)19-9-13-12(15)8-17-10-18-13/h4-8,10,15H,9H2,1-3H3. The van der Waals surface area contributed by atoms with Gasteiger partial charge in [0.25, 0.3) is 0 Å². The number of hydrogen-bond donors (Lipinski definition) is 0. The van der Waals surface area contributed by atoms with Gasteiger partial charge in [-0.2, -0.15) is 0 Å². The lowest BCUT2D eigenvalue weighted by molar-refractivity contribution is 0.353. The summed E-state index contributed by atoms with van der Waals surface area (Å²) in [5, 5.41) is 0. The van der Waals surface area contributed by atoms with Gasteiger partial charge in [0.1, 0.15) is 6.33 Å². The summed E-state index contributed by atoms with van der Waals surface area (Å²) in [6.07, 6.45) is 3.66. The van der Waals surface area contributed by atoms with E-state index in [1.807, 2.05) is 18.0 Å². The predicted octanol–water partition coefficient (Wildman–Crippen LogP) is 4.26. The summed E-state index contributed by atoms with van der Waals surface area (Å²) < 4.78 is 0. The topological polar surface area (TPSA) is 25.8 Å². The first kappa shape index (κ1) is 12.7. The normalized spacial score (nSPS) is 18.4. The summed E-state index contributed by atoms with van der Waals surface area (Å²) in [5.41, 5.74) is 4.03. The van der Waals surface area contributed by atoms with Gasteiger partial charge < -0.3 is 0 Å². The molecule has 1 aliphatic heterocycles. The largest absolute Gasteiger partial charge is 0.244 e. The Kier molecular flexibility index (Phi) is 3.09. The lowest BCUT2D eigenvalue weighted by Gasteiger charge is -2.32. The van der Waals surface area contributed by atoms with Crippen molar-refractivity contribution in [2.45, 2.75) is 37.3 Å². The van der Waals surface area contributed by atoms with E-state index in [4.69, 9.17) is 0 Å². The van der Waals surface area contributed by atoms with Crippen LogP contribution in [0.3, 0.4) is 0 Å². The molecule has 0 saturated carbocycles. The van der Waals surface area contributed by atoms with Gasteiger partial charge in [-0.15, -0.1) is 11.8 Å². The summed E-state index contributed by atoms with van der Waals surface area (Å²) in [6.45, 7) is 6.88. The Morgan fingerprint density at radius 1 is 1.16 bits per heavy atom. The number of nitrogens with zero attached hydrogens (tertiary/aromatic N) is 2. The molecule has 0 aliphatic carbocycles. The molecule has 2 aromatic rings. The molecule has 1 unspecified atom stereocenters. The zero-order chi connectivity index (χ0) is 13.5. The van der Waals surface area contributed by atoms with Crippen LogP contribution in [0.2, 0.25) is 0 Å². The van der Waals surface area contributed by atoms with Crippen LogP contribution in [0.15, 0.2) is 41.7 Å². The van der Waals surface area contributed by atoms with Gasteiger partial charge in [-0.1, -0.05) is 39.0 Å². The van der Waals surface area contributed by atoms with Gasteiger partial charge in [0.2, 0.25) is 0 Å². The maximum atomic E-state index is 4.49. The fourth-order valence-corrected chi connectivity index (χ4v) is 3.89. The van der Waals surface area contributed by atoms with Crippen molar-refractivity contribution in [3.8, 4) is 0 Å². The number of fused-ring (bicyclic) bond motifs is 2. The minimum Gasteiger partial charge on any atom is -0.244 e. The molecule has 0 amide bonds. The smallest absolute Gasteiger partial charge is 0.115 e. The first-order chi connectivity index (χ1) is 9.07. The van der Waals surface area contributed by atoms with Crippen molar-refractivity contribution in [2.24, 2.45) is 5.41 Å². The van der Waals surface area contributed by atoms with Crippen LogP contribution in [-0.4, -0.2) is 9.97 Å². The Labute approximate surface area is 118 Å². The minimum absolute atomic E-state index is 0.153. The molecule has 0 N–H and O–H groups in total. The van der Waals surface area contributed by atoms with Crippen molar-refractivity contribution in [1.29, 1.82) is 0 Å². The van der Waals surface area contributed by atoms with E-state index in [0.29, 0.717) is 5.92 Å². The predicted molar refractivity (Wildman–Crippen MR) is 79.3 cm³/mol. The highest BCUT2D eigenvalue weighted by Gasteiger charge is 2.33. The number of thioether (sulfide) groups is 1. The van der Waals surface area contributed by atoms with Crippen LogP contribution in [0.4, 0.5) is 0 Å².